The standard InChI is InChI=1S/C18H19F3N4O4/c1-9(4-5-22-15(26)13-8-14(29-25-13)10-2-3-10)16-23-24-17(27-16)11-6-12(7-11)28-18(19,20)21/h8,10-12H,1-7H2,(H,22,26)/t11-,12+. The third-order valence-electron chi connectivity index (χ3n) is 4.94. The van der Waals surface area contributed by atoms with Crippen LogP contribution in [0.15, 0.2) is 21.6 Å². The molecule has 0 atom stereocenters. The summed E-state index contributed by atoms with van der Waals surface area (Å²) >= 11 is 0. The van der Waals surface area contributed by atoms with Gasteiger partial charge in [-0.3, -0.25) is 9.53 Å². The SMILES string of the molecule is C=C(CCNC(=O)c1cc(C2CC2)on1)c1nnc([C@H]2C[C@@H](OC(F)(F)F)C2)o1. The molecule has 0 spiro atoms. The molecule has 0 radical (unpaired) electrons. The molecule has 0 bridgehead atoms. The molecular formula is C18H19F3N4O4. The second kappa shape index (κ2) is 7.62. The average molecular weight is 412 g/mol. The van der Waals surface area contributed by atoms with Crippen LogP contribution in [0.3, 0.4) is 0 Å². The van der Waals surface area contributed by atoms with E-state index in [1.807, 2.05) is 0 Å². The van der Waals surface area contributed by atoms with E-state index in [-0.39, 0.29) is 48.7 Å². The molecule has 2 aromatic rings. The van der Waals surface area contributed by atoms with Crippen molar-refractivity contribution >= 4 is 11.5 Å². The first-order chi connectivity index (χ1) is 13.8. The summed E-state index contributed by atoms with van der Waals surface area (Å²) in [5, 5.41) is 14.3. The lowest BCUT2D eigenvalue weighted by Gasteiger charge is -2.32. The maximum absolute atomic E-state index is 12.2. The molecule has 0 unspecified atom stereocenters. The van der Waals surface area contributed by atoms with Gasteiger partial charge in [0.15, 0.2) is 5.69 Å². The molecule has 2 fully saturated rings. The second-order valence-electron chi connectivity index (χ2n) is 7.30. The van der Waals surface area contributed by atoms with Crippen LogP contribution in [0.4, 0.5) is 13.2 Å². The number of halogens is 3. The van der Waals surface area contributed by atoms with Crippen LogP contribution in [-0.2, 0) is 4.74 Å². The zero-order valence-electron chi connectivity index (χ0n) is 15.4. The Kier molecular flexibility index (Phi) is 5.15. The fourth-order valence-electron chi connectivity index (χ4n) is 3.08. The van der Waals surface area contributed by atoms with Gasteiger partial charge >= 0.3 is 6.36 Å². The van der Waals surface area contributed by atoms with Crippen LogP contribution in [0, 0.1) is 0 Å². The van der Waals surface area contributed by atoms with Crippen molar-refractivity contribution in [3.05, 3.63) is 35.9 Å². The molecular weight excluding hydrogens is 393 g/mol. The number of aromatic nitrogens is 3. The fourth-order valence-corrected chi connectivity index (χ4v) is 3.08. The van der Waals surface area contributed by atoms with Crippen LogP contribution in [0.2, 0.25) is 0 Å². The highest BCUT2D eigenvalue weighted by atomic mass is 19.4. The van der Waals surface area contributed by atoms with E-state index in [4.69, 9.17) is 8.94 Å². The predicted octanol–water partition coefficient (Wildman–Crippen LogP) is 3.55. The van der Waals surface area contributed by atoms with E-state index in [9.17, 15) is 18.0 Å². The topological polar surface area (TPSA) is 103 Å². The molecule has 0 aliphatic heterocycles. The number of nitrogens with zero attached hydrogens (tertiary/aromatic N) is 3. The number of rotatable bonds is 8. The Morgan fingerprint density at radius 1 is 1.28 bits per heavy atom. The Morgan fingerprint density at radius 3 is 2.72 bits per heavy atom. The monoisotopic (exact) mass is 412 g/mol. The normalized spacial score (nSPS) is 21.6. The molecule has 1 N–H and O–H groups in total. The molecule has 2 saturated carbocycles. The van der Waals surface area contributed by atoms with Gasteiger partial charge in [-0.1, -0.05) is 11.7 Å². The lowest BCUT2D eigenvalue weighted by atomic mass is 9.82. The number of carbonyl (C=O) groups is 1. The number of carbonyl (C=O) groups excluding carboxylic acids is 1. The van der Waals surface area contributed by atoms with Gasteiger partial charge in [0, 0.05) is 30.0 Å². The van der Waals surface area contributed by atoms with Crippen LogP contribution < -0.4 is 5.32 Å². The van der Waals surface area contributed by atoms with Gasteiger partial charge in [-0.25, -0.2) is 0 Å². The van der Waals surface area contributed by atoms with Crippen molar-refractivity contribution in [3.63, 3.8) is 0 Å². The third kappa shape index (κ3) is 4.84. The lowest BCUT2D eigenvalue weighted by Crippen LogP contribution is -2.34. The zero-order chi connectivity index (χ0) is 20.6. The van der Waals surface area contributed by atoms with E-state index >= 15 is 0 Å². The summed E-state index contributed by atoms with van der Waals surface area (Å²) in [6.07, 6.45) is -2.71. The lowest BCUT2D eigenvalue weighted by molar-refractivity contribution is -0.352. The summed E-state index contributed by atoms with van der Waals surface area (Å²) in [5.41, 5.74) is 0.753. The smallest absolute Gasteiger partial charge is 0.421 e. The van der Waals surface area contributed by atoms with Crippen molar-refractivity contribution in [2.45, 2.75) is 56.4 Å². The number of nitrogens with one attached hydrogen (secondary N) is 1. The number of alkyl halides is 3. The molecule has 2 heterocycles. The summed E-state index contributed by atoms with van der Waals surface area (Å²) in [4.78, 5) is 12.1. The minimum atomic E-state index is -4.64. The van der Waals surface area contributed by atoms with E-state index in [0.29, 0.717) is 17.9 Å². The Hall–Kier alpha value is -2.69. The van der Waals surface area contributed by atoms with Gasteiger partial charge in [-0.15, -0.1) is 23.4 Å². The highest BCUT2D eigenvalue weighted by molar-refractivity contribution is 5.92. The molecule has 11 heteroatoms. The number of amides is 1. The Labute approximate surface area is 163 Å². The van der Waals surface area contributed by atoms with Gasteiger partial charge in [0.2, 0.25) is 11.8 Å². The molecule has 8 nitrogen and oxygen atoms in total. The summed E-state index contributed by atoms with van der Waals surface area (Å²) in [6, 6.07) is 1.65. The Balaban J connectivity index is 1.21. The molecule has 2 aliphatic carbocycles. The summed E-state index contributed by atoms with van der Waals surface area (Å²) in [7, 11) is 0. The van der Waals surface area contributed by atoms with Crippen molar-refractivity contribution < 1.29 is 31.6 Å². The highest BCUT2D eigenvalue weighted by Gasteiger charge is 2.42. The molecule has 4 rings (SSSR count). The second-order valence-corrected chi connectivity index (χ2v) is 7.30. The van der Waals surface area contributed by atoms with Crippen molar-refractivity contribution in [2.24, 2.45) is 0 Å². The van der Waals surface area contributed by atoms with Gasteiger partial charge in [-0.2, -0.15) is 0 Å². The summed E-state index contributed by atoms with van der Waals surface area (Å²) in [5.74, 6) is 0.974. The van der Waals surface area contributed by atoms with Crippen molar-refractivity contribution in [1.29, 1.82) is 0 Å². The maximum Gasteiger partial charge on any atom is 0.522 e. The van der Waals surface area contributed by atoms with Gasteiger partial charge in [0.05, 0.1) is 6.10 Å². The van der Waals surface area contributed by atoms with Crippen LogP contribution in [0.5, 0.6) is 0 Å². The first-order valence-electron chi connectivity index (χ1n) is 9.29. The largest absolute Gasteiger partial charge is 0.522 e. The number of ether oxygens (including phenoxy) is 1. The Bertz CT molecular complexity index is 897. The van der Waals surface area contributed by atoms with Gasteiger partial charge in [-0.05, 0) is 32.1 Å². The van der Waals surface area contributed by atoms with E-state index in [2.05, 4.69) is 32.0 Å². The van der Waals surface area contributed by atoms with E-state index in [1.54, 1.807) is 6.07 Å². The first kappa shape index (κ1) is 19.6. The van der Waals surface area contributed by atoms with Crippen molar-refractivity contribution in [2.75, 3.05) is 6.54 Å². The first-order valence-corrected chi connectivity index (χ1v) is 9.29. The predicted molar refractivity (Wildman–Crippen MR) is 91.7 cm³/mol. The fraction of sp³-hybridized carbons (Fsp3) is 0.556. The molecule has 29 heavy (non-hydrogen) atoms. The summed E-state index contributed by atoms with van der Waals surface area (Å²) < 4.78 is 51.1. The van der Waals surface area contributed by atoms with Gasteiger partial charge in [0.25, 0.3) is 5.91 Å². The molecule has 1 amide bonds. The van der Waals surface area contributed by atoms with E-state index < -0.39 is 12.5 Å². The number of hydrogen-bond acceptors (Lipinski definition) is 7. The summed E-state index contributed by atoms with van der Waals surface area (Å²) in [6.45, 7) is 4.14. The van der Waals surface area contributed by atoms with Crippen molar-refractivity contribution in [3.8, 4) is 0 Å². The Morgan fingerprint density at radius 2 is 2.03 bits per heavy atom. The molecule has 2 aromatic heterocycles. The highest BCUT2D eigenvalue weighted by Crippen LogP contribution is 2.41. The molecule has 0 aromatic carbocycles. The van der Waals surface area contributed by atoms with Gasteiger partial charge in [0.1, 0.15) is 5.76 Å². The molecule has 156 valence electrons. The third-order valence-corrected chi connectivity index (χ3v) is 4.94. The maximum atomic E-state index is 12.2. The number of hydrogen-bond donors (Lipinski definition) is 1. The van der Waals surface area contributed by atoms with Crippen LogP contribution in [-0.4, -0.2) is 40.3 Å². The van der Waals surface area contributed by atoms with Crippen LogP contribution in [0.25, 0.3) is 5.57 Å². The van der Waals surface area contributed by atoms with Crippen LogP contribution in [0.1, 0.15) is 72.0 Å². The van der Waals surface area contributed by atoms with Crippen molar-refractivity contribution in [1.82, 2.24) is 20.7 Å². The quantitative estimate of drug-likeness (QED) is 0.707. The van der Waals surface area contributed by atoms with Crippen LogP contribution >= 0.6 is 0 Å². The van der Waals surface area contributed by atoms with E-state index in [0.717, 1.165) is 18.6 Å². The molecule has 0 saturated heterocycles. The minimum Gasteiger partial charge on any atom is -0.421 e. The molecule has 2 aliphatic rings. The minimum absolute atomic E-state index is 0.171. The van der Waals surface area contributed by atoms with E-state index in [1.165, 1.54) is 0 Å². The zero-order valence-corrected chi connectivity index (χ0v) is 15.4. The average Bonchev–Trinajstić information content (AvgIpc) is 3.16. The van der Waals surface area contributed by atoms with Gasteiger partial charge < -0.3 is 14.3 Å².